The smallest absolute Gasteiger partial charge is 0.150 e. The number of para-hydroxylation sites is 1. The first-order chi connectivity index (χ1) is 14.7. The molecule has 30 heavy (non-hydrogen) atoms. The zero-order valence-electron chi connectivity index (χ0n) is 16.4. The zero-order chi connectivity index (χ0) is 20.5. The van der Waals surface area contributed by atoms with Gasteiger partial charge in [-0.1, -0.05) is 18.2 Å². The molecule has 4 aromatic rings. The standard InChI is InChI=1S/C23H22FN5O/c24-19-13-17(30-16-6-2-1-3-7-16)8-9-18(19)20-21-22(25)27-11-12-29(21)23(28-20)15-5-4-10-26-14-15/h1-3,6-9,11-13,15,26H,4-5,10,14H2,(H2,25,27)/t15-/m1/s1. The molecule has 0 bridgehead atoms. The predicted octanol–water partition coefficient (Wildman–Crippen LogP) is 4.38. The zero-order valence-corrected chi connectivity index (χ0v) is 16.4. The van der Waals surface area contributed by atoms with Gasteiger partial charge in [0.15, 0.2) is 0 Å². The molecule has 0 radical (unpaired) electrons. The van der Waals surface area contributed by atoms with Crippen LogP contribution in [-0.2, 0) is 0 Å². The van der Waals surface area contributed by atoms with Gasteiger partial charge in [0.25, 0.3) is 0 Å². The van der Waals surface area contributed by atoms with Crippen molar-refractivity contribution >= 4 is 11.3 Å². The van der Waals surface area contributed by atoms with Gasteiger partial charge < -0.3 is 15.8 Å². The normalized spacial score (nSPS) is 16.6. The monoisotopic (exact) mass is 403 g/mol. The van der Waals surface area contributed by atoms with E-state index in [1.165, 1.54) is 6.07 Å². The minimum atomic E-state index is -0.417. The predicted molar refractivity (Wildman–Crippen MR) is 114 cm³/mol. The lowest BCUT2D eigenvalue weighted by Gasteiger charge is -2.21. The number of anilines is 1. The fourth-order valence-corrected chi connectivity index (χ4v) is 4.01. The molecule has 0 saturated carbocycles. The lowest BCUT2D eigenvalue weighted by Crippen LogP contribution is -2.29. The SMILES string of the molecule is Nc1nccn2c([C@@H]3CCCNC3)nc(-c3ccc(Oc4ccccc4)cc3F)c12. The van der Waals surface area contributed by atoms with Gasteiger partial charge in [0.2, 0.25) is 0 Å². The molecule has 3 N–H and O–H groups in total. The number of ether oxygens (including phenoxy) is 1. The molecule has 7 heteroatoms. The number of imidazole rings is 1. The number of hydrogen-bond donors (Lipinski definition) is 2. The second kappa shape index (κ2) is 7.76. The highest BCUT2D eigenvalue weighted by Crippen LogP contribution is 2.35. The van der Waals surface area contributed by atoms with E-state index in [9.17, 15) is 0 Å². The molecule has 6 nitrogen and oxygen atoms in total. The molecule has 5 rings (SSSR count). The first kappa shape index (κ1) is 18.6. The quantitative estimate of drug-likeness (QED) is 0.529. The molecule has 1 aliphatic rings. The maximum absolute atomic E-state index is 15.1. The topological polar surface area (TPSA) is 77.5 Å². The van der Waals surface area contributed by atoms with E-state index in [1.807, 2.05) is 40.9 Å². The van der Waals surface area contributed by atoms with Crippen molar-refractivity contribution in [3.63, 3.8) is 0 Å². The third-order valence-corrected chi connectivity index (χ3v) is 5.45. The highest BCUT2D eigenvalue weighted by molar-refractivity contribution is 5.85. The molecule has 2 aromatic carbocycles. The van der Waals surface area contributed by atoms with E-state index in [4.69, 9.17) is 15.5 Å². The van der Waals surface area contributed by atoms with Gasteiger partial charge >= 0.3 is 0 Å². The molecule has 1 aliphatic heterocycles. The van der Waals surface area contributed by atoms with E-state index >= 15 is 4.39 Å². The van der Waals surface area contributed by atoms with Crippen LogP contribution < -0.4 is 15.8 Å². The van der Waals surface area contributed by atoms with E-state index in [1.54, 1.807) is 18.3 Å². The average Bonchev–Trinajstić information content (AvgIpc) is 3.16. The number of halogens is 1. The Morgan fingerprint density at radius 1 is 1.13 bits per heavy atom. The number of nitrogen functional groups attached to an aromatic ring is 1. The number of hydrogen-bond acceptors (Lipinski definition) is 5. The Morgan fingerprint density at radius 2 is 2.00 bits per heavy atom. The lowest BCUT2D eigenvalue weighted by molar-refractivity contribution is 0.445. The highest BCUT2D eigenvalue weighted by Gasteiger charge is 2.25. The molecular weight excluding hydrogens is 381 g/mol. The number of rotatable bonds is 4. The Labute approximate surface area is 173 Å². The van der Waals surface area contributed by atoms with Crippen LogP contribution in [0.1, 0.15) is 24.6 Å². The molecule has 1 atom stereocenters. The Kier molecular flexibility index (Phi) is 4.80. The van der Waals surface area contributed by atoms with Crippen molar-refractivity contribution in [1.82, 2.24) is 19.7 Å². The summed E-state index contributed by atoms with van der Waals surface area (Å²) in [6.07, 6.45) is 5.60. The number of fused-ring (bicyclic) bond motifs is 1. The summed E-state index contributed by atoms with van der Waals surface area (Å²) >= 11 is 0. The van der Waals surface area contributed by atoms with Crippen molar-refractivity contribution in [3.8, 4) is 22.8 Å². The third-order valence-electron chi connectivity index (χ3n) is 5.45. The summed E-state index contributed by atoms with van der Waals surface area (Å²) in [5.74, 6) is 2.11. The Hall–Kier alpha value is -3.45. The minimum absolute atomic E-state index is 0.241. The van der Waals surface area contributed by atoms with Crippen molar-refractivity contribution in [2.24, 2.45) is 0 Å². The summed E-state index contributed by atoms with van der Waals surface area (Å²) in [5, 5.41) is 3.41. The molecule has 0 amide bonds. The van der Waals surface area contributed by atoms with Crippen LogP contribution in [0.4, 0.5) is 10.2 Å². The summed E-state index contributed by atoms with van der Waals surface area (Å²) in [6, 6.07) is 14.1. The van der Waals surface area contributed by atoms with Crippen LogP contribution in [0.2, 0.25) is 0 Å². The first-order valence-corrected chi connectivity index (χ1v) is 10.1. The fourth-order valence-electron chi connectivity index (χ4n) is 4.01. The minimum Gasteiger partial charge on any atom is -0.457 e. The fraction of sp³-hybridized carbons (Fsp3) is 0.217. The van der Waals surface area contributed by atoms with Crippen LogP contribution >= 0.6 is 0 Å². The second-order valence-electron chi connectivity index (χ2n) is 7.45. The van der Waals surface area contributed by atoms with Crippen LogP contribution in [0.3, 0.4) is 0 Å². The van der Waals surface area contributed by atoms with Crippen molar-refractivity contribution in [2.45, 2.75) is 18.8 Å². The molecule has 152 valence electrons. The molecule has 0 aliphatic carbocycles. The number of benzene rings is 2. The number of aromatic nitrogens is 3. The number of nitrogens with two attached hydrogens (primary N) is 1. The van der Waals surface area contributed by atoms with Crippen molar-refractivity contribution in [2.75, 3.05) is 18.8 Å². The van der Waals surface area contributed by atoms with Gasteiger partial charge in [-0.2, -0.15) is 0 Å². The highest BCUT2D eigenvalue weighted by atomic mass is 19.1. The summed E-state index contributed by atoms with van der Waals surface area (Å²) in [4.78, 5) is 9.05. The van der Waals surface area contributed by atoms with Crippen LogP contribution in [-0.4, -0.2) is 27.5 Å². The van der Waals surface area contributed by atoms with E-state index in [0.29, 0.717) is 34.1 Å². The van der Waals surface area contributed by atoms with Crippen molar-refractivity contribution in [3.05, 3.63) is 72.6 Å². The van der Waals surface area contributed by atoms with E-state index < -0.39 is 5.82 Å². The van der Waals surface area contributed by atoms with Gasteiger partial charge in [0.1, 0.15) is 40.2 Å². The molecule has 3 heterocycles. The lowest BCUT2D eigenvalue weighted by atomic mass is 9.99. The van der Waals surface area contributed by atoms with Crippen molar-refractivity contribution < 1.29 is 9.13 Å². The summed E-state index contributed by atoms with van der Waals surface area (Å²) in [5.41, 5.74) is 7.70. The van der Waals surface area contributed by atoms with Gasteiger partial charge in [0, 0.05) is 36.5 Å². The molecular formula is C23H22FN5O. The van der Waals surface area contributed by atoms with E-state index in [-0.39, 0.29) is 5.92 Å². The Balaban J connectivity index is 1.57. The summed E-state index contributed by atoms with van der Waals surface area (Å²) in [7, 11) is 0. The van der Waals surface area contributed by atoms with Crippen LogP contribution in [0, 0.1) is 5.82 Å². The molecule has 0 unspecified atom stereocenters. The van der Waals surface area contributed by atoms with Crippen molar-refractivity contribution in [1.29, 1.82) is 0 Å². The maximum atomic E-state index is 15.1. The molecule has 0 spiro atoms. The molecule has 1 saturated heterocycles. The van der Waals surface area contributed by atoms with Crippen LogP contribution in [0.25, 0.3) is 16.8 Å². The number of nitrogens with zero attached hydrogens (tertiary/aromatic N) is 3. The molecule has 1 fully saturated rings. The summed E-state index contributed by atoms with van der Waals surface area (Å²) < 4.78 is 22.8. The van der Waals surface area contributed by atoms with Crippen LogP contribution in [0.5, 0.6) is 11.5 Å². The van der Waals surface area contributed by atoms with Gasteiger partial charge in [0.05, 0.1) is 0 Å². The van der Waals surface area contributed by atoms with Crippen LogP contribution in [0.15, 0.2) is 60.9 Å². The van der Waals surface area contributed by atoms with Gasteiger partial charge in [-0.3, -0.25) is 4.40 Å². The largest absolute Gasteiger partial charge is 0.457 e. The average molecular weight is 403 g/mol. The summed E-state index contributed by atoms with van der Waals surface area (Å²) in [6.45, 7) is 1.85. The van der Waals surface area contributed by atoms with Gasteiger partial charge in [-0.05, 0) is 43.7 Å². The van der Waals surface area contributed by atoms with E-state index in [0.717, 1.165) is 31.8 Å². The van der Waals surface area contributed by atoms with Gasteiger partial charge in [-0.25, -0.2) is 14.4 Å². The molecule has 2 aromatic heterocycles. The Morgan fingerprint density at radius 3 is 2.77 bits per heavy atom. The van der Waals surface area contributed by atoms with Gasteiger partial charge in [-0.15, -0.1) is 0 Å². The number of piperidine rings is 1. The third kappa shape index (κ3) is 3.37. The first-order valence-electron chi connectivity index (χ1n) is 10.1. The number of nitrogens with one attached hydrogen (secondary N) is 1. The van der Waals surface area contributed by atoms with E-state index in [2.05, 4.69) is 10.3 Å². The second-order valence-corrected chi connectivity index (χ2v) is 7.45. The maximum Gasteiger partial charge on any atom is 0.150 e. The Bertz CT molecular complexity index is 1190.